The fourth-order valence-corrected chi connectivity index (χ4v) is 2.79. The smallest absolute Gasteiger partial charge is 0.161 e. The molecule has 0 atom stereocenters. The Morgan fingerprint density at radius 2 is 1.90 bits per heavy atom. The van der Waals surface area contributed by atoms with E-state index in [0.29, 0.717) is 12.0 Å². The van der Waals surface area contributed by atoms with Crippen LogP contribution in [0.1, 0.15) is 51.5 Å². The summed E-state index contributed by atoms with van der Waals surface area (Å²) < 4.78 is 11.6. The van der Waals surface area contributed by atoms with Crippen molar-refractivity contribution in [3.63, 3.8) is 0 Å². The highest BCUT2D eigenvalue weighted by molar-refractivity contribution is 5.43. The van der Waals surface area contributed by atoms with Crippen molar-refractivity contribution in [1.29, 1.82) is 0 Å². The van der Waals surface area contributed by atoms with E-state index in [1.807, 2.05) is 6.07 Å². The zero-order valence-corrected chi connectivity index (χ0v) is 13.7. The van der Waals surface area contributed by atoms with Gasteiger partial charge in [-0.25, -0.2) is 0 Å². The van der Waals surface area contributed by atoms with Crippen LogP contribution in [0.3, 0.4) is 0 Å². The highest BCUT2D eigenvalue weighted by atomic mass is 16.5. The number of rotatable bonds is 7. The molecule has 1 aromatic carbocycles. The molecule has 0 aliphatic heterocycles. The molecule has 2 rings (SSSR count). The lowest BCUT2D eigenvalue weighted by Gasteiger charge is -2.24. The van der Waals surface area contributed by atoms with Crippen LogP contribution in [0.25, 0.3) is 0 Å². The van der Waals surface area contributed by atoms with Gasteiger partial charge in [-0.1, -0.05) is 26.3 Å². The second kappa shape index (κ2) is 8.28. The highest BCUT2D eigenvalue weighted by Gasteiger charge is 2.17. The summed E-state index contributed by atoms with van der Waals surface area (Å²) in [5.41, 5.74) is 1.25. The molecular weight excluding hydrogens is 262 g/mol. The lowest BCUT2D eigenvalue weighted by molar-refractivity contribution is 0.149. The first kappa shape index (κ1) is 16.2. The molecule has 0 saturated heterocycles. The number of nitrogens with one attached hydrogen (secondary N) is 1. The van der Waals surface area contributed by atoms with Crippen LogP contribution in [-0.4, -0.2) is 19.8 Å². The molecule has 21 heavy (non-hydrogen) atoms. The van der Waals surface area contributed by atoms with Crippen LogP contribution in [0.5, 0.6) is 11.5 Å². The Balaban J connectivity index is 1.99. The standard InChI is InChI=1S/C18H29NO2/c1-14(2)12-19-13-15-9-10-17(20-3)18(11-15)21-16-7-5-4-6-8-16/h9-11,14,16,19H,4-8,12-13H2,1-3H3. The molecule has 0 unspecified atom stereocenters. The molecule has 1 aromatic rings. The van der Waals surface area contributed by atoms with Gasteiger partial charge in [-0.2, -0.15) is 0 Å². The maximum atomic E-state index is 6.19. The van der Waals surface area contributed by atoms with Crippen molar-refractivity contribution < 1.29 is 9.47 Å². The van der Waals surface area contributed by atoms with Gasteiger partial charge in [0.2, 0.25) is 0 Å². The summed E-state index contributed by atoms with van der Waals surface area (Å²) in [7, 11) is 1.71. The van der Waals surface area contributed by atoms with Crippen molar-refractivity contribution in [3.05, 3.63) is 23.8 Å². The minimum atomic E-state index is 0.353. The molecule has 118 valence electrons. The molecular formula is C18H29NO2. The normalized spacial score (nSPS) is 16.2. The first-order valence-corrected chi connectivity index (χ1v) is 8.23. The Morgan fingerprint density at radius 3 is 2.57 bits per heavy atom. The SMILES string of the molecule is COc1ccc(CNCC(C)C)cc1OC1CCCCC1. The van der Waals surface area contributed by atoms with Crippen molar-refractivity contribution >= 4 is 0 Å². The highest BCUT2D eigenvalue weighted by Crippen LogP contribution is 2.32. The van der Waals surface area contributed by atoms with E-state index >= 15 is 0 Å². The fraction of sp³-hybridized carbons (Fsp3) is 0.667. The van der Waals surface area contributed by atoms with Gasteiger partial charge in [0.25, 0.3) is 0 Å². The van der Waals surface area contributed by atoms with E-state index in [1.54, 1.807) is 7.11 Å². The summed E-state index contributed by atoms with van der Waals surface area (Å²) >= 11 is 0. The third-order valence-electron chi connectivity index (χ3n) is 3.96. The number of hydrogen-bond donors (Lipinski definition) is 1. The minimum absolute atomic E-state index is 0.353. The maximum absolute atomic E-state index is 6.19. The topological polar surface area (TPSA) is 30.5 Å². The maximum Gasteiger partial charge on any atom is 0.161 e. The molecule has 0 heterocycles. The minimum Gasteiger partial charge on any atom is -0.493 e. The van der Waals surface area contributed by atoms with E-state index in [-0.39, 0.29) is 0 Å². The molecule has 0 spiro atoms. The van der Waals surface area contributed by atoms with Crippen LogP contribution in [0.15, 0.2) is 18.2 Å². The molecule has 3 heteroatoms. The Bertz CT molecular complexity index is 425. The predicted octanol–water partition coefficient (Wildman–Crippen LogP) is 4.15. The lowest BCUT2D eigenvalue weighted by Crippen LogP contribution is -2.21. The van der Waals surface area contributed by atoms with E-state index in [0.717, 1.165) is 24.6 Å². The third-order valence-corrected chi connectivity index (χ3v) is 3.96. The summed E-state index contributed by atoms with van der Waals surface area (Å²) in [6.07, 6.45) is 6.59. The van der Waals surface area contributed by atoms with Gasteiger partial charge in [-0.3, -0.25) is 0 Å². The monoisotopic (exact) mass is 291 g/mol. The molecule has 0 amide bonds. The van der Waals surface area contributed by atoms with Gasteiger partial charge in [0.05, 0.1) is 13.2 Å². The van der Waals surface area contributed by atoms with Crippen LogP contribution in [0.4, 0.5) is 0 Å². The number of benzene rings is 1. The Kier molecular flexibility index (Phi) is 6.37. The molecule has 1 fully saturated rings. The van der Waals surface area contributed by atoms with E-state index in [1.165, 1.54) is 37.7 Å². The first-order chi connectivity index (χ1) is 10.2. The summed E-state index contributed by atoms with van der Waals surface area (Å²) in [4.78, 5) is 0. The van der Waals surface area contributed by atoms with E-state index in [9.17, 15) is 0 Å². The van der Waals surface area contributed by atoms with Crippen LogP contribution in [0.2, 0.25) is 0 Å². The van der Waals surface area contributed by atoms with Gasteiger partial charge in [-0.15, -0.1) is 0 Å². The number of ether oxygens (including phenoxy) is 2. The largest absolute Gasteiger partial charge is 0.493 e. The molecule has 0 bridgehead atoms. The second-order valence-electron chi connectivity index (χ2n) is 6.39. The molecule has 1 aliphatic rings. The van der Waals surface area contributed by atoms with Gasteiger partial charge in [-0.05, 0) is 55.8 Å². The van der Waals surface area contributed by atoms with E-state index in [2.05, 4.69) is 31.3 Å². The lowest BCUT2D eigenvalue weighted by atomic mass is 9.98. The number of hydrogen-bond acceptors (Lipinski definition) is 3. The number of methoxy groups -OCH3 is 1. The molecule has 1 aliphatic carbocycles. The van der Waals surface area contributed by atoms with E-state index < -0.39 is 0 Å². The predicted molar refractivity (Wildman–Crippen MR) is 87.0 cm³/mol. The van der Waals surface area contributed by atoms with Gasteiger partial charge in [0.1, 0.15) is 0 Å². The Hall–Kier alpha value is -1.22. The van der Waals surface area contributed by atoms with Crippen LogP contribution >= 0.6 is 0 Å². The zero-order chi connectivity index (χ0) is 15.1. The third kappa shape index (κ3) is 5.24. The average Bonchev–Trinajstić information content (AvgIpc) is 2.48. The zero-order valence-electron chi connectivity index (χ0n) is 13.7. The van der Waals surface area contributed by atoms with Crippen LogP contribution in [-0.2, 0) is 6.54 Å². The summed E-state index contributed by atoms with van der Waals surface area (Å²) in [5.74, 6) is 2.41. The first-order valence-electron chi connectivity index (χ1n) is 8.23. The van der Waals surface area contributed by atoms with Crippen molar-refractivity contribution in [2.24, 2.45) is 5.92 Å². The van der Waals surface area contributed by atoms with Gasteiger partial charge >= 0.3 is 0 Å². The molecule has 1 N–H and O–H groups in total. The molecule has 1 saturated carbocycles. The Labute approximate surface area is 129 Å². The summed E-state index contributed by atoms with van der Waals surface area (Å²) in [5, 5.41) is 3.47. The molecule has 0 aromatic heterocycles. The quantitative estimate of drug-likeness (QED) is 0.818. The van der Waals surface area contributed by atoms with Crippen molar-refractivity contribution in [2.75, 3.05) is 13.7 Å². The van der Waals surface area contributed by atoms with Gasteiger partial charge < -0.3 is 14.8 Å². The van der Waals surface area contributed by atoms with Crippen LogP contribution < -0.4 is 14.8 Å². The van der Waals surface area contributed by atoms with Crippen LogP contribution in [0, 0.1) is 5.92 Å². The molecule has 0 radical (unpaired) electrons. The fourth-order valence-electron chi connectivity index (χ4n) is 2.79. The Morgan fingerprint density at radius 1 is 1.14 bits per heavy atom. The molecule has 3 nitrogen and oxygen atoms in total. The summed E-state index contributed by atoms with van der Waals surface area (Å²) in [6.45, 7) is 6.35. The van der Waals surface area contributed by atoms with Gasteiger partial charge in [0.15, 0.2) is 11.5 Å². The van der Waals surface area contributed by atoms with Crippen molar-refractivity contribution in [3.8, 4) is 11.5 Å². The van der Waals surface area contributed by atoms with E-state index in [4.69, 9.17) is 9.47 Å². The van der Waals surface area contributed by atoms with Crippen molar-refractivity contribution in [1.82, 2.24) is 5.32 Å². The van der Waals surface area contributed by atoms with Gasteiger partial charge in [0, 0.05) is 6.54 Å². The summed E-state index contributed by atoms with van der Waals surface area (Å²) in [6, 6.07) is 6.26. The average molecular weight is 291 g/mol. The second-order valence-corrected chi connectivity index (χ2v) is 6.39. The van der Waals surface area contributed by atoms with Crippen molar-refractivity contribution in [2.45, 2.75) is 58.6 Å².